The summed E-state index contributed by atoms with van der Waals surface area (Å²) in [5, 5.41) is 8.64. The highest BCUT2D eigenvalue weighted by atomic mass is 16.4. The minimum atomic E-state index is -0.865. The molecule has 0 atom stereocenters. The summed E-state index contributed by atoms with van der Waals surface area (Å²) in [6.45, 7) is 1.61. The molecule has 80 valence electrons. The number of nitrogens with zero attached hydrogens (tertiary/aromatic N) is 3. The maximum absolute atomic E-state index is 10.5. The molecule has 5 heteroatoms. The van der Waals surface area contributed by atoms with E-state index >= 15 is 0 Å². The summed E-state index contributed by atoms with van der Waals surface area (Å²) >= 11 is 0. The van der Waals surface area contributed by atoms with E-state index in [-0.39, 0.29) is 6.54 Å². The first-order valence-electron chi connectivity index (χ1n) is 4.55. The molecule has 0 saturated heterocycles. The van der Waals surface area contributed by atoms with E-state index in [0.29, 0.717) is 19.6 Å². The number of aromatic nitrogens is 2. The second kappa shape index (κ2) is 5.83. The molecule has 0 saturated carbocycles. The van der Waals surface area contributed by atoms with Gasteiger partial charge in [0.25, 0.3) is 0 Å². The van der Waals surface area contributed by atoms with Crippen LogP contribution in [0.15, 0.2) is 18.7 Å². The molecule has 1 N–H and O–H groups in total. The molecule has 0 unspecified atom stereocenters. The molecule has 0 aliphatic heterocycles. The van der Waals surface area contributed by atoms with Crippen molar-refractivity contribution in [1.82, 2.24) is 14.5 Å². The van der Waals surface area contributed by atoms with Gasteiger partial charge >= 0.3 is 5.97 Å². The van der Waals surface area contributed by atoms with Crippen LogP contribution < -0.4 is 0 Å². The Morgan fingerprint density at radius 3 is 3.00 bits per heavy atom. The molecule has 1 rings (SSSR count). The molecule has 1 aromatic heterocycles. The average molecular weight is 207 g/mol. The summed E-state index contributed by atoms with van der Waals surface area (Å²) in [6, 6.07) is 0. The fourth-order valence-corrected chi connectivity index (χ4v) is 1.21. The number of rotatable bonds is 6. The smallest absolute Gasteiger partial charge is 0.317 e. The zero-order valence-corrected chi connectivity index (χ0v) is 8.33. The second-order valence-corrected chi connectivity index (χ2v) is 3.11. The van der Waals surface area contributed by atoms with Crippen LogP contribution in [0.25, 0.3) is 0 Å². The molecule has 0 fully saturated rings. The van der Waals surface area contributed by atoms with Crippen molar-refractivity contribution in [3.8, 4) is 12.3 Å². The van der Waals surface area contributed by atoms with Gasteiger partial charge in [-0.25, -0.2) is 4.98 Å². The Morgan fingerprint density at radius 2 is 2.47 bits per heavy atom. The van der Waals surface area contributed by atoms with Crippen LogP contribution >= 0.6 is 0 Å². The van der Waals surface area contributed by atoms with E-state index in [2.05, 4.69) is 10.9 Å². The first-order chi connectivity index (χ1) is 7.22. The van der Waals surface area contributed by atoms with E-state index in [0.717, 1.165) is 0 Å². The number of terminal acetylenes is 1. The third kappa shape index (κ3) is 4.29. The van der Waals surface area contributed by atoms with Crippen LogP contribution in [0.4, 0.5) is 0 Å². The van der Waals surface area contributed by atoms with Crippen LogP contribution in [0, 0.1) is 12.3 Å². The first-order valence-corrected chi connectivity index (χ1v) is 4.55. The summed E-state index contributed by atoms with van der Waals surface area (Å²) in [7, 11) is 0. The van der Waals surface area contributed by atoms with Crippen molar-refractivity contribution in [2.45, 2.75) is 6.54 Å². The number of aliphatic carboxylic acids is 1. The Hall–Kier alpha value is -1.80. The van der Waals surface area contributed by atoms with Crippen LogP contribution in [0.5, 0.6) is 0 Å². The summed E-state index contributed by atoms with van der Waals surface area (Å²) in [4.78, 5) is 16.1. The van der Waals surface area contributed by atoms with Crippen molar-refractivity contribution in [3.63, 3.8) is 0 Å². The number of carboxylic acid groups (broad SMARTS) is 1. The van der Waals surface area contributed by atoms with Gasteiger partial charge < -0.3 is 9.67 Å². The highest BCUT2D eigenvalue weighted by molar-refractivity contribution is 5.69. The number of carboxylic acids is 1. The van der Waals surface area contributed by atoms with Crippen molar-refractivity contribution in [1.29, 1.82) is 0 Å². The second-order valence-electron chi connectivity index (χ2n) is 3.11. The molecule has 1 heterocycles. The van der Waals surface area contributed by atoms with E-state index in [1.807, 2.05) is 10.8 Å². The minimum Gasteiger partial charge on any atom is -0.480 e. The van der Waals surface area contributed by atoms with Gasteiger partial charge in [0.2, 0.25) is 0 Å². The van der Waals surface area contributed by atoms with Gasteiger partial charge in [-0.05, 0) is 0 Å². The van der Waals surface area contributed by atoms with Crippen molar-refractivity contribution in [3.05, 3.63) is 18.7 Å². The molecular formula is C10H13N3O2. The van der Waals surface area contributed by atoms with E-state index < -0.39 is 5.97 Å². The predicted octanol–water partition coefficient (Wildman–Crippen LogP) is -0.0971. The number of hydrogen-bond donors (Lipinski definition) is 1. The molecule has 1 aromatic rings. The van der Waals surface area contributed by atoms with Crippen molar-refractivity contribution in [2.75, 3.05) is 19.6 Å². The Labute approximate surface area is 88.3 Å². The van der Waals surface area contributed by atoms with Crippen LogP contribution in [0.3, 0.4) is 0 Å². The molecule has 0 spiro atoms. The van der Waals surface area contributed by atoms with Gasteiger partial charge in [0.1, 0.15) is 0 Å². The van der Waals surface area contributed by atoms with Gasteiger partial charge in [-0.3, -0.25) is 9.69 Å². The molecule has 5 nitrogen and oxygen atoms in total. The normalized spacial score (nSPS) is 10.1. The fourth-order valence-electron chi connectivity index (χ4n) is 1.21. The van der Waals surface area contributed by atoms with Crippen LogP contribution in [0.1, 0.15) is 0 Å². The Kier molecular flexibility index (Phi) is 4.38. The summed E-state index contributed by atoms with van der Waals surface area (Å²) < 4.78 is 1.88. The van der Waals surface area contributed by atoms with E-state index in [1.165, 1.54) is 0 Å². The Morgan fingerprint density at radius 1 is 1.67 bits per heavy atom. The largest absolute Gasteiger partial charge is 0.480 e. The molecule has 0 aliphatic rings. The maximum Gasteiger partial charge on any atom is 0.317 e. The topological polar surface area (TPSA) is 58.4 Å². The van der Waals surface area contributed by atoms with E-state index in [1.54, 1.807) is 17.4 Å². The SMILES string of the molecule is C#CCN(CCn1ccnc1)CC(=O)O. The van der Waals surface area contributed by atoms with Crippen molar-refractivity contribution >= 4 is 5.97 Å². The third-order valence-electron chi connectivity index (χ3n) is 1.91. The van der Waals surface area contributed by atoms with Gasteiger partial charge in [0.15, 0.2) is 0 Å². The Bertz CT molecular complexity index is 340. The summed E-state index contributed by atoms with van der Waals surface area (Å²) in [5.41, 5.74) is 0. The number of imidazole rings is 1. The quantitative estimate of drug-likeness (QED) is 0.662. The predicted molar refractivity (Wildman–Crippen MR) is 55.1 cm³/mol. The lowest BCUT2D eigenvalue weighted by atomic mass is 10.4. The van der Waals surface area contributed by atoms with Crippen LogP contribution in [-0.2, 0) is 11.3 Å². The summed E-state index contributed by atoms with van der Waals surface area (Å²) in [6.07, 6.45) is 10.4. The van der Waals surface area contributed by atoms with Gasteiger partial charge in [-0.1, -0.05) is 5.92 Å². The van der Waals surface area contributed by atoms with Crippen LogP contribution in [0.2, 0.25) is 0 Å². The zero-order valence-electron chi connectivity index (χ0n) is 8.33. The highest BCUT2D eigenvalue weighted by Crippen LogP contribution is 1.91. The summed E-state index contributed by atoms with van der Waals surface area (Å²) in [5.74, 6) is 1.58. The number of carbonyl (C=O) groups is 1. The Balaban J connectivity index is 2.38. The first kappa shape index (κ1) is 11.3. The standard InChI is InChI=1S/C10H13N3O2/c1-2-4-12(8-10(14)15)6-7-13-5-3-11-9-13/h1,3,5,9H,4,6-8H2,(H,14,15). The van der Waals surface area contributed by atoms with Gasteiger partial charge in [0, 0.05) is 25.5 Å². The van der Waals surface area contributed by atoms with Gasteiger partial charge in [-0.15, -0.1) is 6.42 Å². The third-order valence-corrected chi connectivity index (χ3v) is 1.91. The van der Waals surface area contributed by atoms with Crippen LogP contribution in [-0.4, -0.2) is 45.2 Å². The molecule has 0 aliphatic carbocycles. The lowest BCUT2D eigenvalue weighted by Gasteiger charge is -2.17. The fraction of sp³-hybridized carbons (Fsp3) is 0.400. The van der Waals surface area contributed by atoms with Gasteiger partial charge in [-0.2, -0.15) is 0 Å². The lowest BCUT2D eigenvalue weighted by molar-refractivity contribution is -0.138. The molecule has 0 radical (unpaired) electrons. The molecule has 0 amide bonds. The number of hydrogen-bond acceptors (Lipinski definition) is 3. The van der Waals surface area contributed by atoms with Gasteiger partial charge in [0.05, 0.1) is 19.4 Å². The minimum absolute atomic E-state index is 0.0289. The molecule has 15 heavy (non-hydrogen) atoms. The maximum atomic E-state index is 10.5. The molecule has 0 bridgehead atoms. The molecular weight excluding hydrogens is 194 g/mol. The van der Waals surface area contributed by atoms with Crippen molar-refractivity contribution in [2.24, 2.45) is 0 Å². The van der Waals surface area contributed by atoms with E-state index in [4.69, 9.17) is 11.5 Å². The van der Waals surface area contributed by atoms with Crippen molar-refractivity contribution < 1.29 is 9.90 Å². The molecule has 0 aromatic carbocycles. The highest BCUT2D eigenvalue weighted by Gasteiger charge is 2.07. The monoisotopic (exact) mass is 207 g/mol. The lowest BCUT2D eigenvalue weighted by Crippen LogP contribution is -2.32. The zero-order chi connectivity index (χ0) is 11.1. The van der Waals surface area contributed by atoms with E-state index in [9.17, 15) is 4.79 Å². The average Bonchev–Trinajstić information content (AvgIpc) is 2.66.